The van der Waals surface area contributed by atoms with Crippen molar-refractivity contribution in [1.82, 2.24) is 29.6 Å². The van der Waals surface area contributed by atoms with Crippen LogP contribution in [0.15, 0.2) is 24.5 Å². The van der Waals surface area contributed by atoms with Crippen LogP contribution < -0.4 is 16.0 Å². The van der Waals surface area contributed by atoms with Gasteiger partial charge in [0.2, 0.25) is 5.95 Å². The van der Waals surface area contributed by atoms with E-state index in [1.54, 1.807) is 11.7 Å². The van der Waals surface area contributed by atoms with Crippen LogP contribution >= 0.6 is 0 Å². The summed E-state index contributed by atoms with van der Waals surface area (Å²) in [5.41, 5.74) is 10.4. The maximum atomic E-state index is 11.8. The Morgan fingerprint density at radius 3 is 2.58 bits per heavy atom. The number of amides is 1. The molecular weight excluding hydrogens is 394 g/mol. The Balaban J connectivity index is 1.38. The Morgan fingerprint density at radius 1 is 1.06 bits per heavy atom. The molecule has 10 nitrogen and oxygen atoms in total. The monoisotopic (exact) mass is 419 g/mol. The van der Waals surface area contributed by atoms with Gasteiger partial charge in [-0.1, -0.05) is 0 Å². The molecule has 31 heavy (non-hydrogen) atoms. The normalized spacial score (nSPS) is 16.0. The van der Waals surface area contributed by atoms with Crippen molar-refractivity contribution in [3.63, 3.8) is 0 Å². The highest BCUT2D eigenvalue weighted by Gasteiger charge is 2.28. The standard InChI is InChI=1S/C21H25N9O/c1-28-7-9-30(10-8-28)14-4-6-16(23-12-14)25-21-24-11-13-3-5-15-18(20(22)31)27-29(2)19(15)17(13)26-21/h4,6,11-12H,3,5,7-10H2,1-2H3,(H2,22,31)(H,23,24,25,26). The smallest absolute Gasteiger partial charge is 0.269 e. The van der Waals surface area contributed by atoms with Crippen molar-refractivity contribution in [2.75, 3.05) is 43.4 Å². The number of fused-ring (bicyclic) bond motifs is 3. The lowest BCUT2D eigenvalue weighted by molar-refractivity contribution is 0.0994. The maximum absolute atomic E-state index is 11.8. The van der Waals surface area contributed by atoms with Crippen LogP contribution in [0.4, 0.5) is 17.5 Å². The molecule has 1 aliphatic carbocycles. The van der Waals surface area contributed by atoms with Crippen molar-refractivity contribution in [2.45, 2.75) is 12.8 Å². The third kappa shape index (κ3) is 3.59. The number of anilines is 3. The largest absolute Gasteiger partial charge is 0.368 e. The minimum absolute atomic E-state index is 0.317. The van der Waals surface area contributed by atoms with E-state index in [0.29, 0.717) is 23.9 Å². The van der Waals surface area contributed by atoms with E-state index in [1.807, 2.05) is 18.5 Å². The highest BCUT2D eigenvalue weighted by molar-refractivity contribution is 5.94. The van der Waals surface area contributed by atoms with Gasteiger partial charge in [-0.3, -0.25) is 9.48 Å². The first kappa shape index (κ1) is 19.4. The molecule has 1 aliphatic heterocycles. The second kappa shape index (κ2) is 7.62. The molecule has 2 aliphatic rings. The topological polar surface area (TPSA) is 118 Å². The van der Waals surface area contributed by atoms with E-state index >= 15 is 0 Å². The Bertz CT molecular complexity index is 1130. The zero-order valence-corrected chi connectivity index (χ0v) is 17.7. The molecule has 0 bridgehead atoms. The van der Waals surface area contributed by atoms with E-state index in [4.69, 9.17) is 10.7 Å². The summed E-state index contributed by atoms with van der Waals surface area (Å²) in [5.74, 6) is 0.613. The molecule has 1 amide bonds. The third-order valence-corrected chi connectivity index (χ3v) is 5.97. The van der Waals surface area contributed by atoms with Gasteiger partial charge in [0.15, 0.2) is 5.69 Å². The average Bonchev–Trinajstić information content (AvgIpc) is 3.12. The van der Waals surface area contributed by atoms with E-state index in [2.05, 4.69) is 43.3 Å². The average molecular weight is 419 g/mol. The number of likely N-dealkylation sites (N-methyl/N-ethyl adjacent to an activating group) is 1. The van der Waals surface area contributed by atoms with E-state index in [0.717, 1.165) is 60.8 Å². The van der Waals surface area contributed by atoms with E-state index < -0.39 is 5.91 Å². The van der Waals surface area contributed by atoms with E-state index in [9.17, 15) is 4.79 Å². The number of piperazine rings is 1. The minimum Gasteiger partial charge on any atom is -0.368 e. The van der Waals surface area contributed by atoms with Gasteiger partial charge >= 0.3 is 0 Å². The van der Waals surface area contributed by atoms with E-state index in [1.165, 1.54) is 0 Å². The molecule has 3 aromatic heterocycles. The summed E-state index contributed by atoms with van der Waals surface area (Å²) in [6, 6.07) is 4.01. The minimum atomic E-state index is -0.516. The summed E-state index contributed by atoms with van der Waals surface area (Å²) in [4.78, 5) is 30.1. The van der Waals surface area contributed by atoms with Crippen LogP contribution in [-0.4, -0.2) is 68.8 Å². The van der Waals surface area contributed by atoms with Crippen LogP contribution in [0.2, 0.25) is 0 Å². The molecule has 0 radical (unpaired) electrons. The number of pyridine rings is 1. The molecule has 160 valence electrons. The Morgan fingerprint density at radius 2 is 1.87 bits per heavy atom. The molecule has 4 heterocycles. The van der Waals surface area contributed by atoms with Gasteiger partial charge in [0, 0.05) is 45.0 Å². The summed E-state index contributed by atoms with van der Waals surface area (Å²) < 4.78 is 1.67. The number of hydrogen-bond donors (Lipinski definition) is 2. The number of nitrogens with two attached hydrogens (primary N) is 1. The van der Waals surface area contributed by atoms with Crippen LogP contribution in [0.3, 0.4) is 0 Å². The second-order valence-electron chi connectivity index (χ2n) is 8.05. The lowest BCUT2D eigenvalue weighted by atomic mass is 9.93. The molecular formula is C21H25N9O. The van der Waals surface area contributed by atoms with Crippen molar-refractivity contribution in [1.29, 1.82) is 0 Å². The fourth-order valence-corrected chi connectivity index (χ4v) is 4.24. The fourth-order valence-electron chi connectivity index (χ4n) is 4.24. The van der Waals surface area contributed by atoms with Gasteiger partial charge < -0.3 is 20.9 Å². The zero-order chi connectivity index (χ0) is 21.5. The van der Waals surface area contributed by atoms with Gasteiger partial charge in [-0.25, -0.2) is 15.0 Å². The first-order valence-electron chi connectivity index (χ1n) is 10.4. The van der Waals surface area contributed by atoms with Crippen LogP contribution in [0.5, 0.6) is 0 Å². The molecule has 0 saturated carbocycles. The van der Waals surface area contributed by atoms with Gasteiger partial charge in [-0.15, -0.1) is 0 Å². The summed E-state index contributed by atoms with van der Waals surface area (Å²) in [6.07, 6.45) is 5.14. The quantitative estimate of drug-likeness (QED) is 0.642. The van der Waals surface area contributed by atoms with Crippen LogP contribution in [-0.2, 0) is 19.9 Å². The lowest BCUT2D eigenvalue weighted by Crippen LogP contribution is -2.44. The van der Waals surface area contributed by atoms with Gasteiger partial charge in [0.1, 0.15) is 5.82 Å². The molecule has 3 aromatic rings. The SMILES string of the molecule is CN1CCN(c2ccc(Nc3ncc4c(n3)-c3c(c(C(N)=O)nn3C)CC4)nc2)CC1. The van der Waals surface area contributed by atoms with Crippen molar-refractivity contribution in [3.8, 4) is 11.4 Å². The number of aryl methyl sites for hydroxylation is 2. The Kier molecular flexibility index (Phi) is 4.78. The molecule has 0 spiro atoms. The van der Waals surface area contributed by atoms with Gasteiger partial charge in [-0.05, 0) is 37.6 Å². The number of rotatable bonds is 4. The molecule has 3 N–H and O–H groups in total. The highest BCUT2D eigenvalue weighted by atomic mass is 16.1. The predicted octanol–water partition coefficient (Wildman–Crippen LogP) is 0.965. The number of primary amides is 1. The third-order valence-electron chi connectivity index (χ3n) is 5.97. The van der Waals surface area contributed by atoms with E-state index in [-0.39, 0.29) is 0 Å². The number of carbonyl (C=O) groups is 1. The zero-order valence-electron chi connectivity index (χ0n) is 17.7. The van der Waals surface area contributed by atoms with Crippen molar-refractivity contribution in [2.24, 2.45) is 12.8 Å². The van der Waals surface area contributed by atoms with Crippen molar-refractivity contribution < 1.29 is 4.79 Å². The first-order valence-corrected chi connectivity index (χ1v) is 10.4. The van der Waals surface area contributed by atoms with Crippen LogP contribution in [0, 0.1) is 0 Å². The van der Waals surface area contributed by atoms with Gasteiger partial charge in [0.25, 0.3) is 5.91 Å². The molecule has 0 aromatic carbocycles. The van der Waals surface area contributed by atoms with Crippen LogP contribution in [0.25, 0.3) is 11.4 Å². The summed E-state index contributed by atoms with van der Waals surface area (Å²) >= 11 is 0. The lowest BCUT2D eigenvalue weighted by Gasteiger charge is -2.33. The Labute approximate surface area is 180 Å². The molecule has 10 heteroatoms. The summed E-state index contributed by atoms with van der Waals surface area (Å²) in [7, 11) is 3.94. The van der Waals surface area contributed by atoms with Crippen LogP contribution in [0.1, 0.15) is 21.6 Å². The number of carbonyl (C=O) groups excluding carboxylic acids is 1. The number of nitrogens with zero attached hydrogens (tertiary/aromatic N) is 7. The fraction of sp³-hybridized carbons (Fsp3) is 0.381. The molecule has 1 fully saturated rings. The molecule has 1 saturated heterocycles. The predicted molar refractivity (Wildman–Crippen MR) is 117 cm³/mol. The highest BCUT2D eigenvalue weighted by Crippen LogP contribution is 2.34. The number of nitrogens with one attached hydrogen (secondary N) is 1. The second-order valence-corrected chi connectivity index (χ2v) is 8.05. The number of aromatic nitrogens is 5. The maximum Gasteiger partial charge on any atom is 0.269 e. The van der Waals surface area contributed by atoms with Crippen molar-refractivity contribution >= 4 is 23.4 Å². The molecule has 0 unspecified atom stereocenters. The van der Waals surface area contributed by atoms with Crippen molar-refractivity contribution in [3.05, 3.63) is 41.3 Å². The Hall–Kier alpha value is -3.53. The first-order chi connectivity index (χ1) is 15.0. The summed E-state index contributed by atoms with van der Waals surface area (Å²) in [6.45, 7) is 4.10. The molecule has 0 atom stereocenters. The molecule has 5 rings (SSSR count). The van der Waals surface area contributed by atoms with Gasteiger partial charge in [-0.2, -0.15) is 5.10 Å². The number of hydrogen-bond acceptors (Lipinski definition) is 8. The summed E-state index contributed by atoms with van der Waals surface area (Å²) in [5, 5.41) is 7.49. The van der Waals surface area contributed by atoms with Gasteiger partial charge in [0.05, 0.1) is 23.3 Å².